The van der Waals surface area contributed by atoms with E-state index in [1.54, 1.807) is 6.42 Å². The molecule has 0 rings (SSSR count). The third-order valence-electron chi connectivity index (χ3n) is 0.718. The van der Waals surface area contributed by atoms with E-state index in [-0.39, 0.29) is 29.1 Å². The van der Waals surface area contributed by atoms with Crippen LogP contribution in [0.2, 0.25) is 5.44 Å². The molecule has 0 aromatic heterocycles. The molecule has 0 fully saturated rings. The predicted octanol–water partition coefficient (Wildman–Crippen LogP) is 0.0542. The van der Waals surface area contributed by atoms with E-state index in [9.17, 15) is 4.79 Å². The van der Waals surface area contributed by atoms with Crippen molar-refractivity contribution in [1.82, 2.24) is 0 Å². The van der Waals surface area contributed by atoms with Crippen LogP contribution in [-0.2, 0) is 26.5 Å². The molecule has 6 heteroatoms. The monoisotopic (exact) mass is 217 g/mol. The molecule has 0 saturated heterocycles. The zero-order valence-corrected chi connectivity index (χ0v) is 7.91. The third-order valence-corrected chi connectivity index (χ3v) is 0.954. The summed E-state index contributed by atoms with van der Waals surface area (Å²) < 4.78 is 8.67. The van der Waals surface area contributed by atoms with Crippen LogP contribution in [0.5, 0.6) is 0 Å². The van der Waals surface area contributed by atoms with Gasteiger partial charge in [0.2, 0.25) is 0 Å². The Bertz CT molecular complexity index is 112. The fraction of sp³-hybridized carbons (Fsp3) is 0.600. The van der Waals surface area contributed by atoms with Gasteiger partial charge in [-0.25, -0.2) is 10.2 Å². The first-order valence-corrected chi connectivity index (χ1v) is 3.25. The van der Waals surface area contributed by atoms with Crippen molar-refractivity contribution in [2.45, 2.75) is 5.44 Å². The van der Waals surface area contributed by atoms with Gasteiger partial charge in [0.05, 0.1) is 7.11 Å². The molecular formula is C5H7BCuO3Si. The number of hydrogen-bond acceptors (Lipinski definition) is 3. The zero-order chi connectivity index (χ0) is 7.98. The van der Waals surface area contributed by atoms with Crippen LogP contribution in [-0.4, -0.2) is 38.0 Å². The second kappa shape index (κ2) is 8.17. The summed E-state index contributed by atoms with van der Waals surface area (Å²) in [7, 11) is 9.57. The Morgan fingerprint density at radius 3 is 2.73 bits per heavy atom. The van der Waals surface area contributed by atoms with Gasteiger partial charge in [0.25, 0.3) is 0 Å². The quantitative estimate of drug-likeness (QED) is 0.381. The van der Waals surface area contributed by atoms with Gasteiger partial charge in [-0.3, -0.25) is 6.42 Å². The smallest absolute Gasteiger partial charge is 0.467 e. The minimum absolute atomic E-state index is 0. The van der Waals surface area contributed by atoms with Gasteiger partial charge in [-0.2, -0.15) is 0 Å². The molecule has 0 amide bonds. The number of rotatable bonds is 3. The van der Waals surface area contributed by atoms with E-state index in [1.807, 2.05) is 0 Å². The van der Waals surface area contributed by atoms with Crippen LogP contribution in [0.25, 0.3) is 0 Å². The number of carbonyl (C=O) groups excluding carboxylic acids is 1. The third kappa shape index (κ3) is 10.1. The van der Waals surface area contributed by atoms with Crippen LogP contribution in [0.1, 0.15) is 0 Å². The van der Waals surface area contributed by atoms with Gasteiger partial charge in [0.1, 0.15) is 0 Å². The van der Waals surface area contributed by atoms with Crippen LogP contribution in [0, 0.1) is 6.42 Å². The van der Waals surface area contributed by atoms with E-state index in [2.05, 4.69) is 19.7 Å². The zero-order valence-electron chi connectivity index (χ0n) is 5.97. The molecule has 11 heavy (non-hydrogen) atoms. The van der Waals surface area contributed by atoms with E-state index < -0.39 is 6.16 Å². The van der Waals surface area contributed by atoms with Crippen LogP contribution in [0.3, 0.4) is 0 Å². The Hall–Kier alpha value is 0.0713. The maximum absolute atomic E-state index is 10.3. The van der Waals surface area contributed by atoms with Gasteiger partial charge in [0, 0.05) is 7.85 Å². The maximum Gasteiger partial charge on any atom is 1.00 e. The summed E-state index contributed by atoms with van der Waals surface area (Å²) in [6.07, 6.45) is 0.872. The number of hydrogen-bond donors (Lipinski definition) is 0. The Kier molecular flexibility index (Phi) is 10.1. The summed E-state index contributed by atoms with van der Waals surface area (Å²) in [5.74, 6) is 0. The topological polar surface area (TPSA) is 35.5 Å². The van der Waals surface area contributed by atoms with Crippen molar-refractivity contribution < 1.29 is 31.3 Å². The Morgan fingerprint density at radius 1 is 1.82 bits per heavy atom. The van der Waals surface area contributed by atoms with E-state index in [1.165, 1.54) is 7.11 Å². The molecule has 63 valence electrons. The summed E-state index contributed by atoms with van der Waals surface area (Å²) in [6.45, 7) is 0.150. The van der Waals surface area contributed by atoms with Crippen molar-refractivity contribution in [1.29, 1.82) is 0 Å². The Morgan fingerprint density at radius 2 is 2.36 bits per heavy atom. The first kappa shape index (κ1) is 13.6. The molecule has 0 aromatic rings. The van der Waals surface area contributed by atoms with Gasteiger partial charge < -0.3 is 9.47 Å². The fourth-order valence-corrected chi connectivity index (χ4v) is 0.375. The molecule has 0 heterocycles. The minimum Gasteiger partial charge on any atom is -0.467 e. The first-order valence-electron chi connectivity index (χ1n) is 2.67. The van der Waals surface area contributed by atoms with Gasteiger partial charge >= 0.3 is 23.2 Å². The van der Waals surface area contributed by atoms with Crippen molar-refractivity contribution >= 4 is 24.2 Å². The molecule has 0 aliphatic carbocycles. The van der Waals surface area contributed by atoms with Crippen LogP contribution < -0.4 is 0 Å². The van der Waals surface area contributed by atoms with Gasteiger partial charge in [-0.05, 0) is 16.8 Å². The molecule has 0 aliphatic rings. The predicted molar refractivity (Wildman–Crippen MR) is 37.9 cm³/mol. The van der Waals surface area contributed by atoms with E-state index in [0.29, 0.717) is 0 Å². The van der Waals surface area contributed by atoms with E-state index in [0.717, 1.165) is 0 Å². The molecule has 0 spiro atoms. The maximum atomic E-state index is 10.3. The summed E-state index contributed by atoms with van der Waals surface area (Å²) >= 11 is 0. The summed E-state index contributed by atoms with van der Waals surface area (Å²) in [5.41, 5.74) is -0.260. The molecule has 3 nitrogen and oxygen atoms in total. The van der Waals surface area contributed by atoms with Crippen molar-refractivity contribution in [3.05, 3.63) is 6.42 Å². The number of ether oxygens (including phenoxy) is 2. The molecule has 0 saturated carbocycles. The van der Waals surface area contributed by atoms with E-state index in [4.69, 9.17) is 7.85 Å². The molecule has 0 N–H and O–H groups in total. The van der Waals surface area contributed by atoms with Crippen molar-refractivity contribution in [3.8, 4) is 0 Å². The molecule has 0 bridgehead atoms. The first-order chi connectivity index (χ1) is 4.66. The van der Waals surface area contributed by atoms with Crippen LogP contribution >= 0.6 is 0 Å². The molecular weight excluding hydrogens is 210 g/mol. The standard InChI is InChI=1S/C5H7BO3Si.Cu/c1-8-5(7)9-3-2-4(6)10;/h2,4H,3H2,1H3;/q-1;+1/t4-;/m0./s1. The molecule has 1 atom stereocenters. The average Bonchev–Trinajstić information content (AvgIpc) is 1.87. The second-order valence-corrected chi connectivity index (χ2v) is 2.19. The number of methoxy groups -OCH3 is 1. The normalized spacial score (nSPS) is 11.1. The van der Waals surface area contributed by atoms with Crippen LogP contribution in [0.4, 0.5) is 4.79 Å². The SMILES string of the molecule is [B][C@@H]([Si])[CH-]COC(=O)OC.[Cu+]. The average molecular weight is 218 g/mol. The Labute approximate surface area is 81.5 Å². The van der Waals surface area contributed by atoms with Gasteiger partial charge in [-0.1, -0.05) is 0 Å². The summed E-state index contributed by atoms with van der Waals surface area (Å²) in [6, 6.07) is 0. The molecule has 0 aliphatic heterocycles. The van der Waals surface area contributed by atoms with Gasteiger partial charge in [-0.15, -0.1) is 0 Å². The Balaban J connectivity index is 0. The van der Waals surface area contributed by atoms with E-state index >= 15 is 0 Å². The van der Waals surface area contributed by atoms with Crippen molar-refractivity contribution in [3.63, 3.8) is 0 Å². The molecule has 0 unspecified atom stereocenters. The summed E-state index contributed by atoms with van der Waals surface area (Å²) in [4.78, 5) is 10.3. The summed E-state index contributed by atoms with van der Waals surface area (Å²) in [5, 5.41) is 0. The molecule has 0 aromatic carbocycles. The van der Waals surface area contributed by atoms with Gasteiger partial charge in [0.15, 0.2) is 0 Å². The minimum atomic E-state index is -0.705. The second-order valence-electron chi connectivity index (χ2n) is 1.53. The van der Waals surface area contributed by atoms with Crippen LogP contribution in [0.15, 0.2) is 0 Å². The van der Waals surface area contributed by atoms with Crippen molar-refractivity contribution in [2.75, 3.05) is 13.7 Å². The molecule has 5 radical (unpaired) electrons. The number of carbonyl (C=O) groups is 1. The largest absolute Gasteiger partial charge is 1.00 e. The fourth-order valence-electron chi connectivity index (χ4n) is 0.279. The van der Waals surface area contributed by atoms with Crippen molar-refractivity contribution in [2.24, 2.45) is 0 Å².